The van der Waals surface area contributed by atoms with Crippen molar-refractivity contribution >= 4 is 12.0 Å². The van der Waals surface area contributed by atoms with Gasteiger partial charge in [0.25, 0.3) is 0 Å². The second-order valence-electron chi connectivity index (χ2n) is 6.29. The van der Waals surface area contributed by atoms with Gasteiger partial charge in [-0.15, -0.1) is 0 Å². The number of nitrogens with one attached hydrogen (secondary N) is 2. The molecule has 1 aliphatic carbocycles. The average Bonchev–Trinajstić information content (AvgIpc) is 2.97. The van der Waals surface area contributed by atoms with E-state index >= 15 is 0 Å². The van der Waals surface area contributed by atoms with Crippen LogP contribution >= 0.6 is 0 Å². The molecule has 0 radical (unpaired) electrons. The molecule has 0 aliphatic heterocycles. The standard InChI is InChI=1S/C20H22N2O4/c1-13(24)22-14(11-23)10-21-20(25)26-12-19-17-8-4-2-6-15(17)16-7-3-5-9-18(16)19/h2-9,14,19,23H,10-12H2,1H3,(H,21,25)(H,22,24)/t14-/m1/s1. The Hall–Kier alpha value is -2.86. The molecule has 3 N–H and O–H groups in total. The van der Waals surface area contributed by atoms with Crippen molar-refractivity contribution in [1.29, 1.82) is 0 Å². The predicted octanol–water partition coefficient (Wildman–Crippen LogP) is 2.02. The third-order valence-corrected chi connectivity index (χ3v) is 4.46. The lowest BCUT2D eigenvalue weighted by atomic mass is 9.98. The van der Waals surface area contributed by atoms with Crippen LogP contribution in [0.4, 0.5) is 4.79 Å². The van der Waals surface area contributed by atoms with Crippen LogP contribution in [0.25, 0.3) is 11.1 Å². The van der Waals surface area contributed by atoms with Crippen LogP contribution in [0, 0.1) is 0 Å². The third kappa shape index (κ3) is 3.86. The maximum absolute atomic E-state index is 12.0. The Bertz CT molecular complexity index is 760. The van der Waals surface area contributed by atoms with Gasteiger partial charge in [0.15, 0.2) is 0 Å². The van der Waals surface area contributed by atoms with E-state index in [2.05, 4.69) is 34.9 Å². The molecule has 0 heterocycles. The molecule has 6 heteroatoms. The number of aliphatic hydroxyl groups is 1. The zero-order valence-corrected chi connectivity index (χ0v) is 14.6. The summed E-state index contributed by atoms with van der Waals surface area (Å²) in [5.41, 5.74) is 4.63. The minimum Gasteiger partial charge on any atom is -0.449 e. The molecule has 0 unspecified atom stereocenters. The van der Waals surface area contributed by atoms with Crippen molar-refractivity contribution in [2.24, 2.45) is 0 Å². The van der Waals surface area contributed by atoms with Gasteiger partial charge in [0.1, 0.15) is 6.61 Å². The Labute approximate surface area is 152 Å². The second kappa shape index (κ2) is 8.01. The first-order valence-corrected chi connectivity index (χ1v) is 8.57. The van der Waals surface area contributed by atoms with Crippen LogP contribution in [0.1, 0.15) is 24.0 Å². The van der Waals surface area contributed by atoms with Crippen LogP contribution in [-0.4, -0.2) is 42.9 Å². The molecule has 1 atom stereocenters. The Balaban J connectivity index is 1.61. The van der Waals surface area contributed by atoms with Crippen LogP contribution in [0.5, 0.6) is 0 Å². The first-order chi connectivity index (χ1) is 12.6. The Kier molecular flexibility index (Phi) is 5.53. The molecule has 0 fully saturated rings. The van der Waals surface area contributed by atoms with Gasteiger partial charge in [0.05, 0.1) is 12.6 Å². The second-order valence-corrected chi connectivity index (χ2v) is 6.29. The van der Waals surface area contributed by atoms with Gasteiger partial charge in [0, 0.05) is 19.4 Å². The van der Waals surface area contributed by atoms with Crippen LogP contribution in [-0.2, 0) is 9.53 Å². The van der Waals surface area contributed by atoms with Gasteiger partial charge in [-0.25, -0.2) is 4.79 Å². The van der Waals surface area contributed by atoms with E-state index in [0.717, 1.165) is 11.1 Å². The Morgan fingerprint density at radius 3 is 2.19 bits per heavy atom. The lowest BCUT2D eigenvalue weighted by molar-refractivity contribution is -0.119. The summed E-state index contributed by atoms with van der Waals surface area (Å²) in [5.74, 6) is -0.268. The third-order valence-electron chi connectivity index (χ3n) is 4.46. The lowest BCUT2D eigenvalue weighted by Gasteiger charge is -2.17. The summed E-state index contributed by atoms with van der Waals surface area (Å²) in [6, 6.07) is 15.7. The predicted molar refractivity (Wildman–Crippen MR) is 97.8 cm³/mol. The van der Waals surface area contributed by atoms with E-state index in [4.69, 9.17) is 4.74 Å². The van der Waals surface area contributed by atoms with Gasteiger partial charge < -0.3 is 20.5 Å². The smallest absolute Gasteiger partial charge is 0.407 e. The van der Waals surface area contributed by atoms with Gasteiger partial charge in [-0.2, -0.15) is 0 Å². The normalized spacial score (nSPS) is 13.5. The van der Waals surface area contributed by atoms with Crippen LogP contribution in [0.15, 0.2) is 48.5 Å². The van der Waals surface area contributed by atoms with E-state index in [0.29, 0.717) is 0 Å². The van der Waals surface area contributed by atoms with E-state index in [1.165, 1.54) is 18.1 Å². The summed E-state index contributed by atoms with van der Waals surface area (Å²) in [5, 5.41) is 14.3. The average molecular weight is 354 g/mol. The molecular formula is C20H22N2O4. The first-order valence-electron chi connectivity index (χ1n) is 8.57. The molecule has 0 bridgehead atoms. The SMILES string of the molecule is CC(=O)N[C@@H](CO)CNC(=O)OCC1c2ccccc2-c2ccccc21. The van der Waals surface area contributed by atoms with Crippen molar-refractivity contribution < 1.29 is 19.4 Å². The number of carbonyl (C=O) groups excluding carboxylic acids is 2. The number of carbonyl (C=O) groups is 2. The maximum atomic E-state index is 12.0. The number of fused-ring (bicyclic) bond motifs is 3. The number of benzene rings is 2. The van der Waals surface area contributed by atoms with E-state index in [9.17, 15) is 14.7 Å². The fourth-order valence-electron chi connectivity index (χ4n) is 3.30. The van der Waals surface area contributed by atoms with Gasteiger partial charge in [0.2, 0.25) is 5.91 Å². The maximum Gasteiger partial charge on any atom is 0.407 e. The summed E-state index contributed by atoms with van der Waals surface area (Å²) in [7, 11) is 0. The molecule has 2 aromatic rings. The number of rotatable bonds is 6. The van der Waals surface area contributed by atoms with Crippen molar-refractivity contribution in [1.82, 2.24) is 10.6 Å². The molecular weight excluding hydrogens is 332 g/mol. The molecule has 0 spiro atoms. The summed E-state index contributed by atoms with van der Waals surface area (Å²) >= 11 is 0. The Morgan fingerprint density at radius 1 is 1.08 bits per heavy atom. The molecule has 2 amide bonds. The zero-order chi connectivity index (χ0) is 18.5. The first kappa shape index (κ1) is 17.9. The molecule has 1 aliphatic rings. The minimum atomic E-state index is -0.573. The highest BCUT2D eigenvalue weighted by Gasteiger charge is 2.29. The quantitative estimate of drug-likeness (QED) is 0.741. The van der Waals surface area contributed by atoms with E-state index in [1.807, 2.05) is 24.3 Å². The molecule has 0 saturated carbocycles. The number of amides is 2. The van der Waals surface area contributed by atoms with Gasteiger partial charge >= 0.3 is 6.09 Å². The van der Waals surface area contributed by atoms with Crippen molar-refractivity contribution in [2.75, 3.05) is 19.8 Å². The van der Waals surface area contributed by atoms with Gasteiger partial charge in [-0.3, -0.25) is 4.79 Å². The topological polar surface area (TPSA) is 87.7 Å². The molecule has 6 nitrogen and oxygen atoms in total. The summed E-state index contributed by atoms with van der Waals surface area (Å²) in [6.45, 7) is 1.43. The summed E-state index contributed by atoms with van der Waals surface area (Å²) in [4.78, 5) is 23.0. The number of hydrogen-bond acceptors (Lipinski definition) is 4. The lowest BCUT2D eigenvalue weighted by Crippen LogP contribution is -2.45. The number of ether oxygens (including phenoxy) is 1. The number of aliphatic hydroxyl groups excluding tert-OH is 1. The van der Waals surface area contributed by atoms with E-state index < -0.39 is 12.1 Å². The van der Waals surface area contributed by atoms with Crippen LogP contribution < -0.4 is 10.6 Å². The minimum absolute atomic E-state index is 0.00265. The highest BCUT2D eigenvalue weighted by molar-refractivity contribution is 5.79. The van der Waals surface area contributed by atoms with E-state index in [-0.39, 0.29) is 31.6 Å². The van der Waals surface area contributed by atoms with Crippen LogP contribution in [0.3, 0.4) is 0 Å². The number of hydrogen-bond donors (Lipinski definition) is 3. The van der Waals surface area contributed by atoms with E-state index in [1.54, 1.807) is 0 Å². The van der Waals surface area contributed by atoms with Crippen molar-refractivity contribution in [3.05, 3.63) is 59.7 Å². The molecule has 0 saturated heterocycles. The van der Waals surface area contributed by atoms with Gasteiger partial charge in [-0.1, -0.05) is 48.5 Å². The van der Waals surface area contributed by atoms with Crippen molar-refractivity contribution in [2.45, 2.75) is 18.9 Å². The fourth-order valence-corrected chi connectivity index (χ4v) is 3.30. The summed E-state index contributed by atoms with van der Waals surface area (Å²) < 4.78 is 5.40. The highest BCUT2D eigenvalue weighted by Crippen LogP contribution is 2.44. The van der Waals surface area contributed by atoms with Crippen LogP contribution in [0.2, 0.25) is 0 Å². The molecule has 3 rings (SSSR count). The molecule has 136 valence electrons. The fraction of sp³-hybridized carbons (Fsp3) is 0.300. The Morgan fingerprint density at radius 2 is 1.65 bits per heavy atom. The van der Waals surface area contributed by atoms with Gasteiger partial charge in [-0.05, 0) is 22.3 Å². The highest BCUT2D eigenvalue weighted by atomic mass is 16.5. The zero-order valence-electron chi connectivity index (χ0n) is 14.6. The summed E-state index contributed by atoms with van der Waals surface area (Å²) in [6.07, 6.45) is -0.573. The molecule has 26 heavy (non-hydrogen) atoms. The largest absolute Gasteiger partial charge is 0.449 e. The molecule has 0 aromatic heterocycles. The van der Waals surface area contributed by atoms with Crippen molar-refractivity contribution in [3.63, 3.8) is 0 Å². The number of alkyl carbamates (subject to hydrolysis) is 1. The van der Waals surface area contributed by atoms with Crippen molar-refractivity contribution in [3.8, 4) is 11.1 Å². The molecule has 2 aromatic carbocycles. The monoisotopic (exact) mass is 354 g/mol.